The van der Waals surface area contributed by atoms with Gasteiger partial charge in [-0.3, -0.25) is 4.98 Å². The SMILES string of the molecule is [2H]C([2H])([2H])c1ccc(-c2ccc3c(c2)c2cccc4c5cc6oc7ccccc7c6cc5n3c24)nc1. The molecule has 0 unspecified atom stereocenters. The maximum Gasteiger partial charge on any atom is 0.136 e. The van der Waals surface area contributed by atoms with Crippen molar-refractivity contribution in [3.63, 3.8) is 0 Å². The molecule has 0 aliphatic rings. The van der Waals surface area contributed by atoms with Crippen LogP contribution in [0.4, 0.5) is 0 Å². The van der Waals surface area contributed by atoms with Crippen molar-refractivity contribution in [3.8, 4) is 11.3 Å². The van der Waals surface area contributed by atoms with E-state index in [1.165, 1.54) is 27.9 Å². The van der Waals surface area contributed by atoms with Crippen molar-refractivity contribution < 1.29 is 8.53 Å². The van der Waals surface area contributed by atoms with Gasteiger partial charge in [0.1, 0.15) is 11.2 Å². The predicted molar refractivity (Wildman–Crippen MR) is 136 cm³/mol. The van der Waals surface area contributed by atoms with Crippen LogP contribution in [0.15, 0.2) is 95.5 Å². The van der Waals surface area contributed by atoms with Gasteiger partial charge < -0.3 is 8.82 Å². The Balaban J connectivity index is 1.42. The first-order valence-corrected chi connectivity index (χ1v) is 11.0. The smallest absolute Gasteiger partial charge is 0.136 e. The summed E-state index contributed by atoms with van der Waals surface area (Å²) in [5, 5.41) is 6.93. The predicted octanol–water partition coefficient (Wildman–Crippen LogP) is 8.11. The Bertz CT molecular complexity index is 2130. The molecule has 0 amide bonds. The summed E-state index contributed by atoms with van der Waals surface area (Å²) < 4.78 is 31.3. The van der Waals surface area contributed by atoms with Gasteiger partial charge >= 0.3 is 0 Å². The zero-order valence-corrected chi connectivity index (χ0v) is 17.5. The normalized spacial score (nSPS) is 14.1. The van der Waals surface area contributed by atoms with E-state index < -0.39 is 6.85 Å². The van der Waals surface area contributed by atoms with Gasteiger partial charge in [-0.25, -0.2) is 0 Å². The van der Waals surface area contributed by atoms with Gasteiger partial charge in [0.05, 0.1) is 22.2 Å². The summed E-state index contributed by atoms with van der Waals surface area (Å²) in [5.41, 5.74) is 7.24. The van der Waals surface area contributed by atoms with E-state index in [0.29, 0.717) is 0 Å². The van der Waals surface area contributed by atoms with Crippen molar-refractivity contribution in [2.45, 2.75) is 6.85 Å². The molecule has 4 aromatic carbocycles. The number of fused-ring (bicyclic) bond motifs is 9. The van der Waals surface area contributed by atoms with Gasteiger partial charge in [0.2, 0.25) is 0 Å². The summed E-state index contributed by atoms with van der Waals surface area (Å²) >= 11 is 0. The molecule has 0 aliphatic heterocycles. The van der Waals surface area contributed by atoms with E-state index in [0.717, 1.165) is 49.6 Å². The summed E-state index contributed by atoms with van der Waals surface area (Å²) in [6, 6.07) is 28.8. The minimum absolute atomic E-state index is 0.248. The molecule has 0 bridgehead atoms. The molecule has 0 saturated heterocycles. The average Bonchev–Trinajstić information content (AvgIpc) is 3.53. The van der Waals surface area contributed by atoms with Crippen LogP contribution in [0.5, 0.6) is 0 Å². The molecule has 3 heteroatoms. The second kappa shape index (κ2) is 5.90. The minimum Gasteiger partial charge on any atom is -0.456 e. The van der Waals surface area contributed by atoms with Gasteiger partial charge in [0.15, 0.2) is 0 Å². The second-order valence-corrected chi connectivity index (χ2v) is 8.66. The lowest BCUT2D eigenvalue weighted by molar-refractivity contribution is 0.669. The van der Waals surface area contributed by atoms with Crippen molar-refractivity contribution in [3.05, 3.63) is 96.7 Å². The summed E-state index contributed by atoms with van der Waals surface area (Å²) in [4.78, 5) is 4.46. The zero-order chi connectivity index (χ0) is 24.2. The first-order chi connectivity index (χ1) is 17.5. The molecular weight excluding hydrogens is 404 g/mol. The Morgan fingerprint density at radius 1 is 0.697 bits per heavy atom. The van der Waals surface area contributed by atoms with Crippen molar-refractivity contribution in [2.75, 3.05) is 0 Å². The van der Waals surface area contributed by atoms with Crippen LogP contribution in [0, 0.1) is 6.85 Å². The van der Waals surface area contributed by atoms with E-state index in [2.05, 4.69) is 64.0 Å². The van der Waals surface area contributed by atoms with E-state index >= 15 is 0 Å². The lowest BCUT2D eigenvalue weighted by Gasteiger charge is -2.03. The van der Waals surface area contributed by atoms with Crippen molar-refractivity contribution >= 4 is 60.0 Å². The molecular formula is C30H18N2O. The molecule has 0 spiro atoms. The second-order valence-electron chi connectivity index (χ2n) is 8.66. The monoisotopic (exact) mass is 425 g/mol. The van der Waals surface area contributed by atoms with Crippen LogP contribution in [0.3, 0.4) is 0 Å². The van der Waals surface area contributed by atoms with Crippen molar-refractivity contribution in [1.29, 1.82) is 0 Å². The van der Waals surface area contributed by atoms with E-state index in [-0.39, 0.29) is 5.56 Å². The molecule has 154 valence electrons. The lowest BCUT2D eigenvalue weighted by atomic mass is 10.0. The third kappa shape index (κ3) is 2.16. The molecule has 0 atom stereocenters. The highest BCUT2D eigenvalue weighted by molar-refractivity contribution is 6.25. The van der Waals surface area contributed by atoms with Gasteiger partial charge in [-0.15, -0.1) is 0 Å². The van der Waals surface area contributed by atoms with Crippen LogP contribution >= 0.6 is 0 Å². The van der Waals surface area contributed by atoms with E-state index in [9.17, 15) is 0 Å². The topological polar surface area (TPSA) is 30.4 Å². The van der Waals surface area contributed by atoms with Crippen LogP contribution in [-0.4, -0.2) is 9.38 Å². The van der Waals surface area contributed by atoms with Crippen LogP contribution in [0.25, 0.3) is 71.3 Å². The summed E-state index contributed by atoms with van der Waals surface area (Å²) in [6.07, 6.45) is 1.45. The Labute approximate surface area is 193 Å². The highest BCUT2D eigenvalue weighted by Gasteiger charge is 2.19. The largest absolute Gasteiger partial charge is 0.456 e. The standard InChI is InChI=1S/C30H18N2O/c1-17-9-11-25(31-16-17)18-10-12-26-22(13-18)20-6-4-7-21-23-15-29-24(14-27(23)32(26)30(20)21)19-5-2-3-8-28(19)33-29/h2-16H,1H3/i1D3. The fourth-order valence-electron chi connectivity index (χ4n) is 5.42. The minimum atomic E-state index is -2.16. The van der Waals surface area contributed by atoms with Gasteiger partial charge in [0, 0.05) is 48.2 Å². The quantitative estimate of drug-likeness (QED) is 0.266. The molecule has 0 aliphatic carbocycles. The Kier molecular flexibility index (Phi) is 2.62. The number of hydrogen-bond donors (Lipinski definition) is 0. The summed E-state index contributed by atoms with van der Waals surface area (Å²) in [5.74, 6) is 0. The molecule has 0 saturated carbocycles. The number of nitrogens with zero attached hydrogens (tertiary/aromatic N) is 2. The summed E-state index contributed by atoms with van der Waals surface area (Å²) in [7, 11) is 0. The molecule has 0 N–H and O–H groups in total. The van der Waals surface area contributed by atoms with Crippen LogP contribution in [0.2, 0.25) is 0 Å². The molecule has 8 rings (SSSR count). The maximum atomic E-state index is 7.60. The lowest BCUT2D eigenvalue weighted by Crippen LogP contribution is -1.85. The molecule has 8 aromatic rings. The fraction of sp³-hybridized carbons (Fsp3) is 0.0333. The number of pyridine rings is 1. The van der Waals surface area contributed by atoms with E-state index in [1.54, 1.807) is 12.1 Å². The maximum absolute atomic E-state index is 7.60. The summed E-state index contributed by atoms with van der Waals surface area (Å²) in [6.45, 7) is -2.16. The average molecular weight is 426 g/mol. The Hall–Kier alpha value is -4.37. The zero-order valence-electron chi connectivity index (χ0n) is 20.5. The third-order valence-corrected chi connectivity index (χ3v) is 6.87. The van der Waals surface area contributed by atoms with Crippen molar-refractivity contribution in [2.24, 2.45) is 0 Å². The Morgan fingerprint density at radius 3 is 2.39 bits per heavy atom. The van der Waals surface area contributed by atoms with Gasteiger partial charge in [0.25, 0.3) is 0 Å². The van der Waals surface area contributed by atoms with Crippen LogP contribution < -0.4 is 0 Å². The fourth-order valence-corrected chi connectivity index (χ4v) is 5.42. The number of benzene rings is 4. The highest BCUT2D eigenvalue weighted by atomic mass is 16.3. The Morgan fingerprint density at radius 2 is 1.55 bits per heavy atom. The van der Waals surface area contributed by atoms with Gasteiger partial charge in [-0.1, -0.05) is 48.5 Å². The molecule has 3 nitrogen and oxygen atoms in total. The van der Waals surface area contributed by atoms with Gasteiger partial charge in [-0.2, -0.15) is 0 Å². The van der Waals surface area contributed by atoms with Crippen molar-refractivity contribution in [1.82, 2.24) is 9.38 Å². The molecule has 0 radical (unpaired) electrons. The van der Waals surface area contributed by atoms with Crippen LogP contribution in [0.1, 0.15) is 9.68 Å². The molecule has 4 aromatic heterocycles. The highest BCUT2D eigenvalue weighted by Crippen LogP contribution is 2.42. The van der Waals surface area contributed by atoms with Gasteiger partial charge in [-0.05, 0) is 48.8 Å². The molecule has 33 heavy (non-hydrogen) atoms. The number of aromatic nitrogens is 2. The third-order valence-electron chi connectivity index (χ3n) is 6.87. The van der Waals surface area contributed by atoms with E-state index in [1.807, 2.05) is 18.2 Å². The first kappa shape index (κ1) is 14.6. The molecule has 0 fully saturated rings. The number of para-hydroxylation sites is 2. The number of hydrogen-bond acceptors (Lipinski definition) is 2. The molecule has 4 heterocycles. The van der Waals surface area contributed by atoms with E-state index in [4.69, 9.17) is 8.53 Å². The number of aryl methyl sites for hydroxylation is 1. The first-order valence-electron chi connectivity index (χ1n) is 12.5. The number of furan rings is 1. The van der Waals surface area contributed by atoms with Crippen LogP contribution in [-0.2, 0) is 0 Å². The number of rotatable bonds is 1.